The van der Waals surface area contributed by atoms with Gasteiger partial charge in [0.25, 0.3) is 0 Å². The number of rotatable bonds is 13. The number of ether oxygens (including phenoxy) is 10. The van der Waals surface area contributed by atoms with E-state index in [-0.39, 0.29) is 39.4 Å². The highest BCUT2D eigenvalue weighted by Gasteiger charge is 2.70. The molecule has 33 atom stereocenters. The van der Waals surface area contributed by atoms with E-state index in [4.69, 9.17) is 47.4 Å². The smallest absolute Gasteiger partial charge is 0.315 e. The zero-order valence-electron chi connectivity index (χ0n) is 50.7. The molecule has 0 aromatic heterocycles. The van der Waals surface area contributed by atoms with E-state index in [1.54, 1.807) is 0 Å². The fraction of sp³-hybridized carbons (Fsp3) is 0.950. The fourth-order valence-electron chi connectivity index (χ4n) is 17.8. The van der Waals surface area contributed by atoms with Gasteiger partial charge in [-0.15, -0.1) is 0 Å². The van der Waals surface area contributed by atoms with E-state index in [9.17, 15) is 76.6 Å². The van der Waals surface area contributed by atoms with Crippen molar-refractivity contribution in [2.45, 2.75) is 286 Å². The van der Waals surface area contributed by atoms with E-state index < -0.39 is 196 Å². The summed E-state index contributed by atoms with van der Waals surface area (Å²) >= 11 is 0. The summed E-state index contributed by atoms with van der Waals surface area (Å²) in [6.45, 7) is 16.7. The third-order valence-electron chi connectivity index (χ3n) is 23.4. The molecule has 0 unspecified atom stereocenters. The first-order valence-corrected chi connectivity index (χ1v) is 31.1. The Morgan fingerprint density at radius 1 is 0.512 bits per heavy atom. The minimum absolute atomic E-state index is 0.125. The number of carbonyl (C=O) groups excluding carboxylic acids is 1. The van der Waals surface area contributed by atoms with Crippen molar-refractivity contribution < 1.29 is 129 Å². The number of esters is 1. The lowest BCUT2D eigenvalue weighted by molar-refractivity contribution is -0.367. The Morgan fingerprint density at radius 2 is 1.05 bits per heavy atom. The lowest BCUT2D eigenvalue weighted by Crippen LogP contribution is -2.67. The highest BCUT2D eigenvalue weighted by Crippen LogP contribution is 2.76. The van der Waals surface area contributed by atoms with Gasteiger partial charge in [0.1, 0.15) is 110 Å². The molecule has 5 saturated heterocycles. The molecule has 26 heteroatoms. The van der Waals surface area contributed by atoms with Crippen LogP contribution < -0.4 is 0 Å². The number of hydrogen-bond donors (Lipinski definition) is 15. The van der Waals surface area contributed by atoms with Crippen LogP contribution in [0.2, 0.25) is 0 Å². The van der Waals surface area contributed by atoms with Crippen molar-refractivity contribution in [3.63, 3.8) is 0 Å². The van der Waals surface area contributed by atoms with E-state index >= 15 is 4.79 Å². The van der Waals surface area contributed by atoms with Gasteiger partial charge in [-0.3, -0.25) is 4.79 Å². The minimum Gasteiger partial charge on any atom is -0.432 e. The minimum atomic E-state index is -1.89. The molecule has 0 bridgehead atoms. The Bertz CT molecular complexity index is 2400. The van der Waals surface area contributed by atoms with Crippen LogP contribution in [0, 0.1) is 50.2 Å². The first-order chi connectivity index (χ1) is 40.2. The topological polar surface area (TPSA) is 413 Å². The lowest BCUT2D eigenvalue weighted by atomic mass is 9.33. The number of allylic oxidation sites excluding steroid dienone is 2. The third kappa shape index (κ3) is 11.2. The van der Waals surface area contributed by atoms with Gasteiger partial charge in [-0.05, 0) is 123 Å². The average molecular weight is 1240 g/mol. The van der Waals surface area contributed by atoms with E-state index in [1.807, 2.05) is 0 Å². The van der Waals surface area contributed by atoms with Crippen LogP contribution in [-0.2, 0) is 52.2 Å². The third-order valence-corrected chi connectivity index (χ3v) is 23.4. The van der Waals surface area contributed by atoms with Crippen LogP contribution in [0.15, 0.2) is 11.6 Å². The molecule has 9 fully saturated rings. The Morgan fingerprint density at radius 3 is 1.66 bits per heavy atom. The molecule has 494 valence electrons. The molecule has 0 radical (unpaired) electrons. The van der Waals surface area contributed by atoms with Crippen molar-refractivity contribution in [3.8, 4) is 0 Å². The normalized spacial score (nSPS) is 54.5. The average Bonchev–Trinajstić information content (AvgIpc) is 0.682. The predicted molar refractivity (Wildman–Crippen MR) is 293 cm³/mol. The van der Waals surface area contributed by atoms with Gasteiger partial charge in [-0.25, -0.2) is 0 Å². The molecule has 0 amide bonds. The van der Waals surface area contributed by atoms with Gasteiger partial charge in [-0.2, -0.15) is 0 Å². The Labute approximate surface area is 501 Å². The van der Waals surface area contributed by atoms with E-state index in [1.165, 1.54) is 19.4 Å². The lowest BCUT2D eigenvalue weighted by Gasteiger charge is -2.71. The van der Waals surface area contributed by atoms with Crippen LogP contribution >= 0.6 is 0 Å². The van der Waals surface area contributed by atoms with Gasteiger partial charge in [0, 0.05) is 0 Å². The molecule has 4 saturated carbocycles. The maximum atomic E-state index is 15.2. The summed E-state index contributed by atoms with van der Waals surface area (Å²) in [6, 6.07) is 0. The largest absolute Gasteiger partial charge is 0.432 e. The molecule has 86 heavy (non-hydrogen) atoms. The zero-order chi connectivity index (χ0) is 62.9. The number of fused-ring (bicyclic) bond motifs is 7. The Kier molecular flexibility index (Phi) is 19.2. The van der Waals surface area contributed by atoms with Crippen LogP contribution in [0.5, 0.6) is 0 Å². The maximum Gasteiger partial charge on any atom is 0.315 e. The quantitative estimate of drug-likeness (QED) is 0.0531. The molecule has 0 aromatic carbocycles. The standard InChI is InChI=1S/C60H98O26/c1-24-34(63)38(67)42(71)50(78-24)84-47-29(22-62)81-49(45(74)41(47)70)77-23-30-36(65)40(69)44(73)52(82-30)86-54(76)60-18-16-55(3,4)20-27(60)26-10-11-32-57(7)14-13-33(56(5,6)31(57)12-15-59(32,9)58(26,8)17-19-60)83-53-46(75)48(37(66)28(21-61)80-53)85-51-43(72)39(68)35(64)25(2)79-51/h10,24-25,27-53,61-75H,11-23H2,1-9H3/t24-,25-,27-,28+,29+,30+,31-,32+,33-,34-,35-,36+,37+,38+,39+,40-,41+,42+,43+,44+,45+,46+,47+,48-,49+,50-,51-,52-,53-,57-,58+,59+,60-/m0/s1. The summed E-state index contributed by atoms with van der Waals surface area (Å²) in [5, 5.41) is 162. The second kappa shape index (κ2) is 24.6. The number of hydrogen-bond acceptors (Lipinski definition) is 26. The zero-order valence-corrected chi connectivity index (χ0v) is 50.7. The van der Waals surface area contributed by atoms with Gasteiger partial charge >= 0.3 is 5.97 Å². The molecule has 5 aliphatic carbocycles. The van der Waals surface area contributed by atoms with E-state index in [0.29, 0.717) is 38.5 Å². The molecule has 15 N–H and O–H groups in total. The molecule has 0 aromatic rings. The van der Waals surface area contributed by atoms with Crippen molar-refractivity contribution >= 4 is 5.97 Å². The second-order valence-corrected chi connectivity index (χ2v) is 29.1. The monoisotopic (exact) mass is 1230 g/mol. The first kappa shape index (κ1) is 67.1. The molecule has 0 spiro atoms. The van der Waals surface area contributed by atoms with Crippen LogP contribution in [0.25, 0.3) is 0 Å². The van der Waals surface area contributed by atoms with Gasteiger partial charge in [0.05, 0.1) is 43.5 Å². The summed E-state index contributed by atoms with van der Waals surface area (Å²) in [5.41, 5.74) is -1.30. The molecule has 5 aliphatic heterocycles. The van der Waals surface area contributed by atoms with Crippen LogP contribution in [-0.4, -0.2) is 262 Å². The number of aliphatic hydroxyl groups excluding tert-OH is 15. The highest BCUT2D eigenvalue weighted by molar-refractivity contribution is 5.79. The molecule has 5 heterocycles. The van der Waals surface area contributed by atoms with Gasteiger partial charge in [0.15, 0.2) is 25.2 Å². The summed E-state index contributed by atoms with van der Waals surface area (Å²) < 4.78 is 59.3. The second-order valence-electron chi connectivity index (χ2n) is 29.1. The van der Waals surface area contributed by atoms with Gasteiger partial charge in [0.2, 0.25) is 6.29 Å². The highest BCUT2D eigenvalue weighted by atomic mass is 16.8. The maximum absolute atomic E-state index is 15.2. The van der Waals surface area contributed by atoms with Gasteiger partial charge in [-0.1, -0.05) is 60.1 Å². The van der Waals surface area contributed by atoms with Crippen LogP contribution in [0.1, 0.15) is 127 Å². The fourth-order valence-corrected chi connectivity index (χ4v) is 17.8. The van der Waals surface area contributed by atoms with Crippen molar-refractivity contribution in [2.24, 2.45) is 50.2 Å². The molecular formula is C60H98O26. The Hall–Kier alpha value is -1.75. The summed E-state index contributed by atoms with van der Waals surface area (Å²) in [7, 11) is 0. The first-order valence-electron chi connectivity index (χ1n) is 31.1. The SMILES string of the molecule is C[C@@H]1O[C@@H](O[C@@H]2[C@@H](O)[C@H](O[C@H]3CC[C@]4(C)[C@H]5CC=C6[C@@H]7CC(C)(C)CC[C@]7(C(=O)O[C@@H]7O[C@H](CO[C@@H]8O[C@H](CO)[C@@H](O[C@@H]9O[C@@H](C)[C@H](O)[C@@H](O)[C@H]9O)[C@H](O)[C@H]8O)[C@@H](O)[C@H](O)[C@H]7O)CC[C@@]6(C)[C@]5(C)CC[C@H]4C3(C)C)O[C@H](CO)[C@H]2O)[C@H](O)[C@H](O)[C@H]1O. The molecular weight excluding hydrogens is 1140 g/mol. The molecule has 26 nitrogen and oxygen atoms in total. The summed E-state index contributed by atoms with van der Waals surface area (Å²) in [5.74, 6) is -0.549. The predicted octanol–water partition coefficient (Wildman–Crippen LogP) is -2.16. The van der Waals surface area contributed by atoms with E-state index in [0.717, 1.165) is 25.7 Å². The Balaban J connectivity index is 0.821. The van der Waals surface area contributed by atoms with Crippen molar-refractivity contribution in [2.75, 3.05) is 19.8 Å². The van der Waals surface area contributed by atoms with Crippen LogP contribution in [0.4, 0.5) is 0 Å². The van der Waals surface area contributed by atoms with Crippen molar-refractivity contribution in [1.82, 2.24) is 0 Å². The molecule has 10 rings (SSSR count). The van der Waals surface area contributed by atoms with Gasteiger partial charge < -0.3 is 124 Å². The molecule has 10 aliphatic rings. The van der Waals surface area contributed by atoms with Crippen LogP contribution in [0.3, 0.4) is 0 Å². The number of aliphatic hydroxyl groups is 15. The van der Waals surface area contributed by atoms with Crippen molar-refractivity contribution in [1.29, 1.82) is 0 Å². The summed E-state index contributed by atoms with van der Waals surface area (Å²) in [6.07, 6.45) is -30.6. The number of carbonyl (C=O) groups is 1. The van der Waals surface area contributed by atoms with Crippen molar-refractivity contribution in [3.05, 3.63) is 11.6 Å². The van der Waals surface area contributed by atoms with E-state index in [2.05, 4.69) is 54.5 Å². The summed E-state index contributed by atoms with van der Waals surface area (Å²) in [4.78, 5) is 15.2.